The molecule has 1 atom stereocenters. The highest BCUT2D eigenvalue weighted by Crippen LogP contribution is 2.22. The summed E-state index contributed by atoms with van der Waals surface area (Å²) < 4.78 is 0.971. The van der Waals surface area contributed by atoms with Crippen LogP contribution in [-0.4, -0.2) is 22.7 Å². The van der Waals surface area contributed by atoms with Crippen molar-refractivity contribution in [3.05, 3.63) is 22.3 Å². The van der Waals surface area contributed by atoms with Crippen LogP contribution < -0.4 is 5.32 Å². The molecule has 0 amide bonds. The lowest BCUT2D eigenvalue weighted by molar-refractivity contribution is 0.278. The molecular formula is C11H17BrN2O. The maximum absolute atomic E-state index is 8.89. The first-order valence-electron chi connectivity index (χ1n) is 5.17. The van der Waals surface area contributed by atoms with Crippen molar-refractivity contribution in [2.45, 2.75) is 32.7 Å². The molecule has 1 rings (SSSR count). The van der Waals surface area contributed by atoms with Gasteiger partial charge >= 0.3 is 0 Å². The summed E-state index contributed by atoms with van der Waals surface area (Å²) in [7, 11) is 0. The molecule has 1 heterocycles. The number of nitrogens with one attached hydrogen (secondary N) is 1. The minimum Gasteiger partial charge on any atom is -0.396 e. The van der Waals surface area contributed by atoms with Crippen LogP contribution in [0.3, 0.4) is 0 Å². The van der Waals surface area contributed by atoms with Gasteiger partial charge in [-0.25, -0.2) is 4.98 Å². The van der Waals surface area contributed by atoms with Crippen LogP contribution in [0.5, 0.6) is 0 Å². The third-order valence-electron chi connectivity index (χ3n) is 2.29. The van der Waals surface area contributed by atoms with Crippen LogP contribution in [0.2, 0.25) is 0 Å². The zero-order chi connectivity index (χ0) is 11.3. The lowest BCUT2D eigenvalue weighted by Crippen LogP contribution is -2.20. The molecule has 2 N–H and O–H groups in total. The topological polar surface area (TPSA) is 45.1 Å². The Morgan fingerprint density at radius 2 is 2.33 bits per heavy atom. The highest BCUT2D eigenvalue weighted by molar-refractivity contribution is 9.10. The van der Waals surface area contributed by atoms with Crippen molar-refractivity contribution in [3.63, 3.8) is 0 Å². The predicted octanol–water partition coefficient (Wildman–Crippen LogP) is 2.73. The molecule has 15 heavy (non-hydrogen) atoms. The van der Waals surface area contributed by atoms with Crippen molar-refractivity contribution in [1.82, 2.24) is 4.98 Å². The van der Waals surface area contributed by atoms with E-state index in [9.17, 15) is 0 Å². The first kappa shape index (κ1) is 12.5. The Labute approximate surface area is 99.1 Å². The summed E-state index contributed by atoms with van der Waals surface area (Å²) in [6, 6.07) is 2.31. The van der Waals surface area contributed by atoms with Gasteiger partial charge < -0.3 is 10.4 Å². The Morgan fingerprint density at radius 1 is 1.60 bits per heavy atom. The summed E-state index contributed by atoms with van der Waals surface area (Å²) >= 11 is 3.47. The Balaban J connectivity index is 2.70. The maximum Gasteiger partial charge on any atom is 0.140 e. The minimum absolute atomic E-state index is 0.203. The van der Waals surface area contributed by atoms with E-state index < -0.39 is 0 Å². The van der Waals surface area contributed by atoms with E-state index in [1.807, 2.05) is 19.2 Å². The van der Waals surface area contributed by atoms with Crippen LogP contribution in [0.4, 0.5) is 5.82 Å². The van der Waals surface area contributed by atoms with Crippen LogP contribution in [-0.2, 0) is 0 Å². The lowest BCUT2D eigenvalue weighted by Gasteiger charge is -2.17. The number of hydrogen-bond donors (Lipinski definition) is 2. The average Bonchev–Trinajstić information content (AvgIpc) is 2.21. The SMILES string of the molecule is CCC(CCO)Nc1ncc(C)cc1Br. The number of aliphatic hydroxyl groups is 1. The van der Waals surface area contributed by atoms with E-state index in [1.54, 1.807) is 0 Å². The molecule has 0 aliphatic rings. The standard InChI is InChI=1S/C11H17BrN2O/c1-3-9(4-5-15)14-11-10(12)6-8(2)7-13-11/h6-7,9,15H,3-5H2,1-2H3,(H,13,14). The Bertz CT molecular complexity index is 317. The molecule has 0 saturated carbocycles. The van der Waals surface area contributed by atoms with Gasteiger partial charge in [0.1, 0.15) is 5.82 Å². The molecule has 0 saturated heterocycles. The summed E-state index contributed by atoms with van der Waals surface area (Å²) in [6.45, 7) is 4.30. The quantitative estimate of drug-likeness (QED) is 0.867. The third kappa shape index (κ3) is 3.80. The number of pyridine rings is 1. The number of aryl methyl sites for hydroxylation is 1. The van der Waals surface area contributed by atoms with Gasteiger partial charge in [-0.05, 0) is 47.3 Å². The molecular weight excluding hydrogens is 256 g/mol. The highest BCUT2D eigenvalue weighted by atomic mass is 79.9. The minimum atomic E-state index is 0.203. The van der Waals surface area contributed by atoms with Gasteiger partial charge in [-0.1, -0.05) is 6.92 Å². The van der Waals surface area contributed by atoms with Crippen molar-refractivity contribution >= 4 is 21.7 Å². The van der Waals surface area contributed by atoms with Gasteiger partial charge in [0.15, 0.2) is 0 Å². The summed E-state index contributed by atoms with van der Waals surface area (Å²) in [5, 5.41) is 12.2. The van der Waals surface area contributed by atoms with Crippen LogP contribution in [0.15, 0.2) is 16.7 Å². The van der Waals surface area contributed by atoms with Gasteiger partial charge in [-0.15, -0.1) is 0 Å². The third-order valence-corrected chi connectivity index (χ3v) is 2.89. The first-order chi connectivity index (χ1) is 7.17. The van der Waals surface area contributed by atoms with Crippen LogP contribution in [0.1, 0.15) is 25.3 Å². The van der Waals surface area contributed by atoms with Gasteiger partial charge in [0, 0.05) is 18.8 Å². The van der Waals surface area contributed by atoms with Crippen molar-refractivity contribution < 1.29 is 5.11 Å². The fourth-order valence-corrected chi connectivity index (χ4v) is 1.95. The van der Waals surface area contributed by atoms with Crippen LogP contribution >= 0.6 is 15.9 Å². The molecule has 4 heteroatoms. The van der Waals surface area contributed by atoms with E-state index >= 15 is 0 Å². The second kappa shape index (κ2) is 6.08. The summed E-state index contributed by atoms with van der Waals surface area (Å²) in [5.74, 6) is 0.848. The lowest BCUT2D eigenvalue weighted by atomic mass is 10.1. The van der Waals surface area contributed by atoms with Crippen LogP contribution in [0, 0.1) is 6.92 Å². The summed E-state index contributed by atoms with van der Waals surface area (Å²) in [5.41, 5.74) is 1.13. The number of aliphatic hydroxyl groups excluding tert-OH is 1. The number of hydrogen-bond acceptors (Lipinski definition) is 3. The van der Waals surface area contributed by atoms with Crippen molar-refractivity contribution in [2.75, 3.05) is 11.9 Å². The smallest absolute Gasteiger partial charge is 0.140 e. The van der Waals surface area contributed by atoms with Crippen LogP contribution in [0.25, 0.3) is 0 Å². The van der Waals surface area contributed by atoms with Gasteiger partial charge in [0.05, 0.1) is 4.47 Å². The zero-order valence-corrected chi connectivity index (χ0v) is 10.7. The van der Waals surface area contributed by atoms with E-state index in [1.165, 1.54) is 0 Å². The predicted molar refractivity (Wildman–Crippen MR) is 66.1 cm³/mol. The van der Waals surface area contributed by atoms with E-state index in [0.717, 1.165) is 28.7 Å². The van der Waals surface area contributed by atoms with E-state index in [2.05, 4.69) is 33.2 Å². The highest BCUT2D eigenvalue weighted by Gasteiger charge is 2.08. The number of anilines is 1. The molecule has 0 fully saturated rings. The van der Waals surface area contributed by atoms with Crippen molar-refractivity contribution in [3.8, 4) is 0 Å². The fourth-order valence-electron chi connectivity index (χ4n) is 1.37. The number of aromatic nitrogens is 1. The van der Waals surface area contributed by atoms with E-state index in [4.69, 9.17) is 5.11 Å². The van der Waals surface area contributed by atoms with Gasteiger partial charge in [-0.2, -0.15) is 0 Å². The molecule has 3 nitrogen and oxygen atoms in total. The second-order valence-corrected chi connectivity index (χ2v) is 4.46. The molecule has 0 aliphatic carbocycles. The van der Waals surface area contributed by atoms with Crippen molar-refractivity contribution in [2.24, 2.45) is 0 Å². The molecule has 1 aromatic rings. The molecule has 0 aliphatic heterocycles. The van der Waals surface area contributed by atoms with Gasteiger partial charge in [0.25, 0.3) is 0 Å². The number of nitrogens with zero attached hydrogens (tertiary/aromatic N) is 1. The molecule has 0 radical (unpaired) electrons. The number of halogens is 1. The van der Waals surface area contributed by atoms with Crippen molar-refractivity contribution in [1.29, 1.82) is 0 Å². The fraction of sp³-hybridized carbons (Fsp3) is 0.545. The molecule has 0 spiro atoms. The Kier molecular flexibility index (Phi) is 5.05. The zero-order valence-electron chi connectivity index (χ0n) is 9.13. The molecule has 1 unspecified atom stereocenters. The largest absolute Gasteiger partial charge is 0.396 e. The molecule has 1 aromatic heterocycles. The Hall–Kier alpha value is -0.610. The molecule has 84 valence electrons. The summed E-state index contributed by atoms with van der Waals surface area (Å²) in [6.07, 6.45) is 3.56. The summed E-state index contributed by atoms with van der Waals surface area (Å²) in [4.78, 5) is 4.31. The van der Waals surface area contributed by atoms with Gasteiger partial charge in [0.2, 0.25) is 0 Å². The van der Waals surface area contributed by atoms with E-state index in [-0.39, 0.29) is 12.6 Å². The average molecular weight is 273 g/mol. The van der Waals surface area contributed by atoms with Gasteiger partial charge in [-0.3, -0.25) is 0 Å². The van der Waals surface area contributed by atoms with E-state index in [0.29, 0.717) is 0 Å². The molecule has 0 aromatic carbocycles. The number of rotatable bonds is 5. The Morgan fingerprint density at radius 3 is 2.87 bits per heavy atom. The normalized spacial score (nSPS) is 12.5. The maximum atomic E-state index is 8.89. The molecule has 0 bridgehead atoms. The monoisotopic (exact) mass is 272 g/mol. The first-order valence-corrected chi connectivity index (χ1v) is 5.96. The second-order valence-electron chi connectivity index (χ2n) is 3.60.